The van der Waals surface area contributed by atoms with E-state index in [1.165, 1.54) is 69.8 Å². The Morgan fingerprint density at radius 1 is 0.923 bits per heavy atom. The Hall–Kier alpha value is -1.48. The Bertz CT molecular complexity index is 608. The highest BCUT2D eigenvalue weighted by Gasteiger charge is 2.21. The fraction of sp³-hybridized carbons (Fsp3) is 0.615. The molecule has 2 aliphatic carbocycles. The van der Waals surface area contributed by atoms with Gasteiger partial charge in [-0.2, -0.15) is 0 Å². The van der Waals surface area contributed by atoms with Crippen molar-refractivity contribution in [3.63, 3.8) is 0 Å². The van der Waals surface area contributed by atoms with E-state index >= 15 is 0 Å². The summed E-state index contributed by atoms with van der Waals surface area (Å²) in [5.74, 6) is 10.00. The minimum atomic E-state index is 0.755. The molecular weight excluding hydrogens is 312 g/mol. The summed E-state index contributed by atoms with van der Waals surface area (Å²) in [4.78, 5) is 0. The molecule has 0 unspecified atom stereocenters. The van der Waals surface area contributed by atoms with Gasteiger partial charge in [0.05, 0.1) is 0 Å². The number of hydrogen-bond acceptors (Lipinski definition) is 0. The van der Waals surface area contributed by atoms with Crippen LogP contribution in [0.15, 0.2) is 36.4 Å². The summed E-state index contributed by atoms with van der Waals surface area (Å²) >= 11 is 0. The first-order valence-corrected chi connectivity index (χ1v) is 11.0. The van der Waals surface area contributed by atoms with Crippen LogP contribution in [-0.4, -0.2) is 0 Å². The summed E-state index contributed by atoms with van der Waals surface area (Å²) < 4.78 is 0. The Labute approximate surface area is 161 Å². The first-order valence-electron chi connectivity index (χ1n) is 11.0. The van der Waals surface area contributed by atoms with Crippen LogP contribution >= 0.6 is 0 Å². The molecule has 26 heavy (non-hydrogen) atoms. The van der Waals surface area contributed by atoms with Crippen molar-refractivity contribution in [1.29, 1.82) is 0 Å². The van der Waals surface area contributed by atoms with Gasteiger partial charge in [0.25, 0.3) is 0 Å². The van der Waals surface area contributed by atoms with Gasteiger partial charge in [-0.1, -0.05) is 69.6 Å². The van der Waals surface area contributed by atoms with Gasteiger partial charge < -0.3 is 0 Å². The lowest BCUT2D eigenvalue weighted by Gasteiger charge is -2.28. The zero-order valence-corrected chi connectivity index (χ0v) is 16.8. The maximum atomic E-state index is 3.31. The van der Waals surface area contributed by atoms with Gasteiger partial charge in [-0.05, 0) is 86.0 Å². The maximum absolute atomic E-state index is 3.31. The van der Waals surface area contributed by atoms with E-state index < -0.39 is 0 Å². The zero-order chi connectivity index (χ0) is 18.2. The topological polar surface area (TPSA) is 0 Å². The van der Waals surface area contributed by atoms with Crippen LogP contribution in [0.2, 0.25) is 0 Å². The molecule has 2 saturated carbocycles. The van der Waals surface area contributed by atoms with Crippen LogP contribution in [0.1, 0.15) is 95.1 Å². The molecule has 0 aromatic heterocycles. The van der Waals surface area contributed by atoms with Crippen LogP contribution in [0, 0.1) is 29.6 Å². The largest absolute Gasteiger partial charge is 0.0730 e. The van der Waals surface area contributed by atoms with E-state index in [1.807, 2.05) is 0 Å². The van der Waals surface area contributed by atoms with Crippen molar-refractivity contribution in [1.82, 2.24) is 0 Å². The predicted octanol–water partition coefficient (Wildman–Crippen LogP) is 7.49. The average molecular weight is 349 g/mol. The minimum Gasteiger partial charge on any atom is -0.0730 e. The van der Waals surface area contributed by atoms with Crippen molar-refractivity contribution < 1.29 is 0 Å². The summed E-state index contributed by atoms with van der Waals surface area (Å²) in [5, 5.41) is 0. The lowest BCUT2D eigenvalue weighted by Crippen LogP contribution is -2.13. The summed E-state index contributed by atoms with van der Waals surface area (Å²) in [6.45, 7) is 4.69. The molecule has 3 rings (SSSR count). The first kappa shape index (κ1) is 19.3. The van der Waals surface area contributed by atoms with Crippen LogP contribution in [0.3, 0.4) is 0 Å². The van der Waals surface area contributed by atoms with Gasteiger partial charge in [-0.25, -0.2) is 0 Å². The highest BCUT2D eigenvalue weighted by atomic mass is 14.3. The van der Waals surface area contributed by atoms with Crippen molar-refractivity contribution in [2.24, 2.45) is 17.8 Å². The fourth-order valence-corrected chi connectivity index (χ4v) is 4.82. The van der Waals surface area contributed by atoms with Crippen LogP contribution in [-0.2, 0) is 0 Å². The Morgan fingerprint density at radius 3 is 2.27 bits per heavy atom. The lowest BCUT2D eigenvalue weighted by molar-refractivity contribution is 0.308. The number of hydrogen-bond donors (Lipinski definition) is 0. The summed E-state index contributed by atoms with van der Waals surface area (Å²) in [7, 11) is 0. The van der Waals surface area contributed by atoms with Crippen molar-refractivity contribution in [2.45, 2.75) is 84.0 Å². The van der Waals surface area contributed by atoms with E-state index in [0.29, 0.717) is 0 Å². The molecule has 0 amide bonds. The SMILES string of the molecule is CCC[C@H]1CC[C@H](c2ccc(C#C/C=C/[C@H]3CC[C@H](C)CC3)cc2)CC1. The molecule has 0 saturated heterocycles. The summed E-state index contributed by atoms with van der Waals surface area (Å²) in [5.41, 5.74) is 2.67. The van der Waals surface area contributed by atoms with Crippen LogP contribution < -0.4 is 0 Å². The highest BCUT2D eigenvalue weighted by Crippen LogP contribution is 2.37. The normalized spacial score (nSPS) is 29.3. The molecule has 0 aliphatic heterocycles. The molecule has 0 bridgehead atoms. The molecule has 0 atom stereocenters. The number of benzene rings is 1. The van der Waals surface area contributed by atoms with E-state index in [-0.39, 0.29) is 0 Å². The molecule has 2 aliphatic rings. The standard InChI is InChI=1S/C26H36/c1-3-6-22-13-17-25(18-14-22)26-19-15-24(16-20-26)8-5-4-7-23-11-9-21(2)10-12-23/h4,7,15-16,19-23,25H,3,6,9-14,17-18H2,1-2H3/b7-4+/t21-,22-,23-,25-. The molecule has 0 heterocycles. The second-order valence-corrected chi connectivity index (χ2v) is 8.78. The van der Waals surface area contributed by atoms with Crippen LogP contribution in [0.4, 0.5) is 0 Å². The van der Waals surface area contributed by atoms with Crippen molar-refractivity contribution in [3.8, 4) is 11.8 Å². The Kier molecular flexibility index (Phi) is 7.43. The average Bonchev–Trinajstić information content (AvgIpc) is 2.68. The molecule has 0 heteroatoms. The van der Waals surface area contributed by atoms with E-state index in [1.54, 1.807) is 0 Å². The highest BCUT2D eigenvalue weighted by molar-refractivity contribution is 5.39. The second kappa shape index (κ2) is 10.0. The third-order valence-electron chi connectivity index (χ3n) is 6.65. The lowest BCUT2D eigenvalue weighted by atomic mass is 9.77. The van der Waals surface area contributed by atoms with Gasteiger partial charge in [0.15, 0.2) is 0 Å². The van der Waals surface area contributed by atoms with Gasteiger partial charge in [-0.15, -0.1) is 0 Å². The Balaban J connectivity index is 1.48. The molecule has 1 aromatic carbocycles. The van der Waals surface area contributed by atoms with E-state index in [2.05, 4.69) is 62.1 Å². The monoisotopic (exact) mass is 348 g/mol. The molecule has 0 spiro atoms. The third-order valence-corrected chi connectivity index (χ3v) is 6.65. The number of allylic oxidation sites excluding steroid dienone is 2. The van der Waals surface area contributed by atoms with E-state index in [9.17, 15) is 0 Å². The van der Waals surface area contributed by atoms with E-state index in [4.69, 9.17) is 0 Å². The predicted molar refractivity (Wildman–Crippen MR) is 113 cm³/mol. The molecule has 2 fully saturated rings. The molecule has 140 valence electrons. The van der Waals surface area contributed by atoms with Crippen molar-refractivity contribution in [3.05, 3.63) is 47.5 Å². The van der Waals surface area contributed by atoms with Gasteiger partial charge in [-0.3, -0.25) is 0 Å². The zero-order valence-electron chi connectivity index (χ0n) is 16.8. The maximum Gasteiger partial charge on any atom is 0.0249 e. The molecular formula is C26H36. The van der Waals surface area contributed by atoms with E-state index in [0.717, 1.165) is 29.2 Å². The molecule has 0 radical (unpaired) electrons. The molecule has 0 N–H and O–H groups in total. The smallest absolute Gasteiger partial charge is 0.0249 e. The second-order valence-electron chi connectivity index (χ2n) is 8.78. The Morgan fingerprint density at radius 2 is 1.62 bits per heavy atom. The fourth-order valence-electron chi connectivity index (χ4n) is 4.82. The number of rotatable bonds is 4. The third kappa shape index (κ3) is 5.77. The van der Waals surface area contributed by atoms with Gasteiger partial charge >= 0.3 is 0 Å². The van der Waals surface area contributed by atoms with Crippen LogP contribution in [0.25, 0.3) is 0 Å². The summed E-state index contributed by atoms with van der Waals surface area (Å²) in [6, 6.07) is 9.08. The molecule has 0 nitrogen and oxygen atoms in total. The van der Waals surface area contributed by atoms with Gasteiger partial charge in [0.1, 0.15) is 0 Å². The van der Waals surface area contributed by atoms with Gasteiger partial charge in [0, 0.05) is 5.56 Å². The van der Waals surface area contributed by atoms with Crippen molar-refractivity contribution in [2.75, 3.05) is 0 Å². The quantitative estimate of drug-likeness (QED) is 0.494. The van der Waals surface area contributed by atoms with Crippen molar-refractivity contribution >= 4 is 0 Å². The first-order chi connectivity index (χ1) is 12.7. The van der Waals surface area contributed by atoms with Gasteiger partial charge in [0.2, 0.25) is 0 Å². The summed E-state index contributed by atoms with van der Waals surface area (Å²) in [6.07, 6.45) is 18.2. The molecule has 1 aromatic rings. The van der Waals surface area contributed by atoms with Crippen LogP contribution in [0.5, 0.6) is 0 Å². The minimum absolute atomic E-state index is 0.755.